The Kier molecular flexibility index (Phi) is 3.32. The van der Waals surface area contributed by atoms with E-state index in [9.17, 15) is 9.18 Å². The molecule has 0 saturated heterocycles. The average molecular weight is 336 g/mol. The minimum absolute atomic E-state index is 0.0874. The quantitative estimate of drug-likeness (QED) is 0.589. The molecule has 0 aliphatic carbocycles. The van der Waals surface area contributed by atoms with Gasteiger partial charge in [-0.25, -0.2) is 13.9 Å². The highest BCUT2D eigenvalue weighted by Gasteiger charge is 2.11. The SMILES string of the molecule is N#Cc1c[nH]n2c(=O)cc(Cn3nnc(-c4cccc(F)c4)n3)nc12. The van der Waals surface area contributed by atoms with Crippen molar-refractivity contribution in [3.05, 3.63) is 64.0 Å². The fraction of sp³-hybridized carbons (Fsp3) is 0.0667. The highest BCUT2D eigenvalue weighted by Crippen LogP contribution is 2.14. The first-order chi connectivity index (χ1) is 12.1. The summed E-state index contributed by atoms with van der Waals surface area (Å²) in [5.74, 6) is -0.137. The van der Waals surface area contributed by atoms with Gasteiger partial charge in [0.05, 0.1) is 5.69 Å². The number of nitriles is 1. The van der Waals surface area contributed by atoms with Crippen LogP contribution in [-0.4, -0.2) is 34.8 Å². The van der Waals surface area contributed by atoms with E-state index in [0.29, 0.717) is 11.3 Å². The molecule has 1 aromatic carbocycles. The molecule has 9 nitrogen and oxygen atoms in total. The number of benzene rings is 1. The molecule has 4 rings (SSSR count). The van der Waals surface area contributed by atoms with Gasteiger partial charge in [-0.15, -0.1) is 10.2 Å². The molecule has 25 heavy (non-hydrogen) atoms. The van der Waals surface area contributed by atoms with Crippen LogP contribution in [0.5, 0.6) is 0 Å². The van der Waals surface area contributed by atoms with Gasteiger partial charge in [0.2, 0.25) is 5.82 Å². The summed E-state index contributed by atoms with van der Waals surface area (Å²) in [5, 5.41) is 23.6. The zero-order valence-electron chi connectivity index (χ0n) is 12.6. The zero-order valence-corrected chi connectivity index (χ0v) is 12.6. The van der Waals surface area contributed by atoms with Crippen LogP contribution in [0.25, 0.3) is 17.0 Å². The molecule has 0 unspecified atom stereocenters. The van der Waals surface area contributed by atoms with Crippen molar-refractivity contribution in [1.82, 2.24) is 34.8 Å². The van der Waals surface area contributed by atoms with Crippen LogP contribution in [-0.2, 0) is 6.54 Å². The number of aromatic nitrogens is 7. The van der Waals surface area contributed by atoms with Crippen molar-refractivity contribution >= 4 is 5.65 Å². The number of hydrogen-bond donors (Lipinski definition) is 1. The first-order valence-electron chi connectivity index (χ1n) is 7.18. The monoisotopic (exact) mass is 336 g/mol. The lowest BCUT2D eigenvalue weighted by atomic mass is 10.2. The lowest BCUT2D eigenvalue weighted by Gasteiger charge is -2.00. The second kappa shape index (κ2) is 5.64. The lowest BCUT2D eigenvalue weighted by molar-refractivity contribution is 0.563. The Morgan fingerprint density at radius 3 is 3.00 bits per heavy atom. The fourth-order valence-corrected chi connectivity index (χ4v) is 2.39. The Labute approximate surface area is 139 Å². The van der Waals surface area contributed by atoms with Crippen LogP contribution in [0.2, 0.25) is 0 Å². The fourth-order valence-electron chi connectivity index (χ4n) is 2.39. The summed E-state index contributed by atoms with van der Waals surface area (Å²) >= 11 is 0. The highest BCUT2D eigenvalue weighted by atomic mass is 19.1. The molecule has 0 atom stereocenters. The van der Waals surface area contributed by atoms with Crippen molar-refractivity contribution in [2.45, 2.75) is 6.54 Å². The predicted molar refractivity (Wildman–Crippen MR) is 82.8 cm³/mol. The second-order valence-electron chi connectivity index (χ2n) is 5.20. The summed E-state index contributed by atoms with van der Waals surface area (Å²) in [6.45, 7) is 0.0874. The smallest absolute Gasteiger partial charge is 0.273 e. The van der Waals surface area contributed by atoms with E-state index in [1.165, 1.54) is 33.7 Å². The van der Waals surface area contributed by atoms with Gasteiger partial charge in [0.15, 0.2) is 5.65 Å². The molecule has 0 amide bonds. The molecule has 10 heteroatoms. The number of fused-ring (bicyclic) bond motifs is 1. The molecule has 122 valence electrons. The first kappa shape index (κ1) is 14.7. The van der Waals surface area contributed by atoms with Crippen LogP contribution in [0, 0.1) is 17.1 Å². The molecule has 1 N–H and O–H groups in total. The Balaban J connectivity index is 1.68. The Bertz CT molecular complexity index is 1180. The predicted octanol–water partition coefficient (Wildman–Crippen LogP) is 0.735. The summed E-state index contributed by atoms with van der Waals surface area (Å²) in [7, 11) is 0. The van der Waals surface area contributed by atoms with E-state index >= 15 is 0 Å². The summed E-state index contributed by atoms with van der Waals surface area (Å²) in [6, 6.07) is 9.12. The van der Waals surface area contributed by atoms with Crippen LogP contribution >= 0.6 is 0 Å². The van der Waals surface area contributed by atoms with Crippen molar-refractivity contribution in [2.24, 2.45) is 0 Å². The van der Waals surface area contributed by atoms with Crippen LogP contribution < -0.4 is 5.56 Å². The summed E-state index contributed by atoms with van der Waals surface area (Å²) in [4.78, 5) is 17.6. The molecule has 0 radical (unpaired) electrons. The number of tetrazole rings is 1. The van der Waals surface area contributed by atoms with E-state index < -0.39 is 5.82 Å². The number of H-pyrrole nitrogens is 1. The third kappa shape index (κ3) is 2.63. The molecule has 0 saturated carbocycles. The topological polar surface area (TPSA) is 118 Å². The van der Waals surface area contributed by atoms with Gasteiger partial charge < -0.3 is 0 Å². The highest BCUT2D eigenvalue weighted by molar-refractivity contribution is 5.54. The maximum Gasteiger partial charge on any atom is 0.273 e. The molecule has 3 aromatic heterocycles. The molecule has 0 aliphatic heterocycles. The third-order valence-corrected chi connectivity index (χ3v) is 3.51. The van der Waals surface area contributed by atoms with E-state index in [1.807, 2.05) is 6.07 Å². The lowest BCUT2D eigenvalue weighted by Crippen LogP contribution is -2.17. The van der Waals surface area contributed by atoms with E-state index in [-0.39, 0.29) is 29.1 Å². The van der Waals surface area contributed by atoms with Crippen LogP contribution in [0.1, 0.15) is 11.3 Å². The summed E-state index contributed by atoms with van der Waals surface area (Å²) in [6.07, 6.45) is 1.41. The molecular weight excluding hydrogens is 327 g/mol. The molecule has 0 fully saturated rings. The van der Waals surface area contributed by atoms with Gasteiger partial charge in [-0.1, -0.05) is 12.1 Å². The maximum absolute atomic E-state index is 13.3. The Hall–Kier alpha value is -3.87. The number of nitrogens with zero attached hydrogens (tertiary/aromatic N) is 7. The van der Waals surface area contributed by atoms with Gasteiger partial charge in [0, 0.05) is 17.8 Å². The Morgan fingerprint density at radius 2 is 2.20 bits per heavy atom. The minimum Gasteiger partial charge on any atom is -0.295 e. The zero-order chi connectivity index (χ0) is 17.4. The standard InChI is InChI=1S/C15H9FN8O/c16-11-3-1-2-9(4-11)14-20-22-23(21-14)8-12-5-13(25)24-15(19-12)10(6-17)7-18-24/h1-5,7,18H,8H2. The van der Waals surface area contributed by atoms with E-state index in [2.05, 4.69) is 25.5 Å². The van der Waals surface area contributed by atoms with Crippen molar-refractivity contribution in [1.29, 1.82) is 5.26 Å². The van der Waals surface area contributed by atoms with Crippen molar-refractivity contribution < 1.29 is 4.39 Å². The average Bonchev–Trinajstić information content (AvgIpc) is 3.22. The van der Waals surface area contributed by atoms with Gasteiger partial charge in [-0.05, 0) is 17.3 Å². The number of nitrogens with one attached hydrogen (secondary N) is 1. The molecular formula is C15H9FN8O. The van der Waals surface area contributed by atoms with Gasteiger partial charge >= 0.3 is 0 Å². The largest absolute Gasteiger partial charge is 0.295 e. The van der Waals surface area contributed by atoms with Crippen molar-refractivity contribution in [3.8, 4) is 17.5 Å². The number of rotatable bonds is 3. The van der Waals surface area contributed by atoms with E-state index in [1.54, 1.807) is 12.1 Å². The molecule has 4 aromatic rings. The van der Waals surface area contributed by atoms with Gasteiger partial charge in [-0.2, -0.15) is 10.1 Å². The molecule has 0 bridgehead atoms. The molecule has 0 spiro atoms. The minimum atomic E-state index is -0.398. The van der Waals surface area contributed by atoms with Gasteiger partial charge in [0.1, 0.15) is 24.0 Å². The van der Waals surface area contributed by atoms with Gasteiger partial charge in [-0.3, -0.25) is 9.89 Å². The Morgan fingerprint density at radius 1 is 1.32 bits per heavy atom. The van der Waals surface area contributed by atoms with Gasteiger partial charge in [0.25, 0.3) is 5.56 Å². The third-order valence-electron chi connectivity index (χ3n) is 3.51. The number of aromatic amines is 1. The van der Waals surface area contributed by atoms with Crippen LogP contribution in [0.15, 0.2) is 41.3 Å². The van der Waals surface area contributed by atoms with Crippen LogP contribution in [0.4, 0.5) is 4.39 Å². The molecule has 3 heterocycles. The maximum atomic E-state index is 13.3. The van der Waals surface area contributed by atoms with Crippen molar-refractivity contribution in [3.63, 3.8) is 0 Å². The summed E-state index contributed by atoms with van der Waals surface area (Å²) < 4.78 is 14.5. The number of hydrogen-bond acceptors (Lipinski definition) is 6. The molecule has 0 aliphatic rings. The van der Waals surface area contributed by atoms with Crippen molar-refractivity contribution in [2.75, 3.05) is 0 Å². The summed E-state index contributed by atoms with van der Waals surface area (Å²) in [5.41, 5.74) is 1.00. The first-order valence-corrected chi connectivity index (χ1v) is 7.18. The van der Waals surface area contributed by atoms with E-state index in [4.69, 9.17) is 5.26 Å². The second-order valence-corrected chi connectivity index (χ2v) is 5.20. The normalized spacial score (nSPS) is 10.9. The van der Waals surface area contributed by atoms with E-state index in [0.717, 1.165) is 0 Å². The van der Waals surface area contributed by atoms with Crippen LogP contribution in [0.3, 0.4) is 0 Å². The number of halogens is 1.